The van der Waals surface area contributed by atoms with E-state index >= 15 is 0 Å². The topological polar surface area (TPSA) is 62.5 Å². The molecule has 0 aliphatic carbocycles. The zero-order chi connectivity index (χ0) is 15.4. The number of hydrogen-bond acceptors (Lipinski definition) is 5. The highest BCUT2D eigenvalue weighted by atomic mass is 35.5. The van der Waals surface area contributed by atoms with Crippen molar-refractivity contribution >= 4 is 23.9 Å². The van der Waals surface area contributed by atoms with Crippen molar-refractivity contribution in [3.05, 3.63) is 64.3 Å². The van der Waals surface area contributed by atoms with E-state index in [0.717, 1.165) is 38.5 Å². The maximum atomic E-state index is 10.7. The highest BCUT2D eigenvalue weighted by Crippen LogP contribution is 2.18. The largest absolute Gasteiger partial charge is 0.354 e. The first-order valence-electron chi connectivity index (χ1n) is 7.34. The molecule has 2 aromatic rings. The normalized spacial score (nSPS) is 15.0. The summed E-state index contributed by atoms with van der Waals surface area (Å²) in [4.78, 5) is 19.0. The molecule has 23 heavy (non-hydrogen) atoms. The van der Waals surface area contributed by atoms with Crippen LogP contribution < -0.4 is 4.90 Å². The van der Waals surface area contributed by atoms with Crippen LogP contribution in [0.25, 0.3) is 0 Å². The van der Waals surface area contributed by atoms with E-state index in [1.54, 1.807) is 6.07 Å². The average Bonchev–Trinajstić information content (AvgIpc) is 2.57. The molecule has 2 heterocycles. The molecule has 0 radical (unpaired) electrons. The number of nitrogens with zero attached hydrogens (tertiary/aromatic N) is 4. The molecule has 0 atom stereocenters. The molecule has 0 spiro atoms. The minimum atomic E-state index is -0.422. The molecule has 0 bridgehead atoms. The van der Waals surface area contributed by atoms with Gasteiger partial charge in [0.2, 0.25) is 0 Å². The lowest BCUT2D eigenvalue weighted by Crippen LogP contribution is -2.46. The summed E-state index contributed by atoms with van der Waals surface area (Å²) in [5.74, 6) is 0.810. The Balaban J connectivity index is 0.00000192. The lowest BCUT2D eigenvalue weighted by atomic mass is 10.2. The maximum Gasteiger partial charge on any atom is 0.287 e. The van der Waals surface area contributed by atoms with E-state index in [2.05, 4.69) is 39.0 Å². The lowest BCUT2D eigenvalue weighted by molar-refractivity contribution is -0.385. The lowest BCUT2D eigenvalue weighted by Gasteiger charge is -2.35. The van der Waals surface area contributed by atoms with E-state index in [4.69, 9.17) is 0 Å². The highest BCUT2D eigenvalue weighted by molar-refractivity contribution is 5.85. The second-order valence-corrected chi connectivity index (χ2v) is 5.38. The van der Waals surface area contributed by atoms with Crippen LogP contribution in [-0.2, 0) is 6.54 Å². The van der Waals surface area contributed by atoms with Gasteiger partial charge in [-0.3, -0.25) is 15.0 Å². The maximum absolute atomic E-state index is 10.7. The first-order valence-corrected chi connectivity index (χ1v) is 7.34. The Morgan fingerprint density at radius 3 is 2.30 bits per heavy atom. The van der Waals surface area contributed by atoms with E-state index in [-0.39, 0.29) is 18.1 Å². The second kappa shape index (κ2) is 7.89. The van der Waals surface area contributed by atoms with Gasteiger partial charge in [-0.2, -0.15) is 0 Å². The van der Waals surface area contributed by atoms with Crippen molar-refractivity contribution in [2.45, 2.75) is 6.54 Å². The number of piperazine rings is 1. The van der Waals surface area contributed by atoms with Crippen LogP contribution in [0.5, 0.6) is 0 Å². The molecule has 1 aliphatic rings. The monoisotopic (exact) mass is 334 g/mol. The summed E-state index contributed by atoms with van der Waals surface area (Å²) in [6, 6.07) is 13.7. The standard InChI is InChI=1S/C16H18N4O2.ClH/c21-20(22)15-6-7-16(17-12-15)19-10-8-18(9-11-19)13-14-4-2-1-3-5-14;/h1-7,12H,8-11,13H2;1H. The van der Waals surface area contributed by atoms with Crippen molar-refractivity contribution in [1.82, 2.24) is 9.88 Å². The third kappa shape index (κ3) is 4.40. The van der Waals surface area contributed by atoms with Crippen molar-refractivity contribution in [2.24, 2.45) is 0 Å². The van der Waals surface area contributed by atoms with Crippen LogP contribution in [0.3, 0.4) is 0 Å². The Kier molecular flexibility index (Phi) is 5.90. The summed E-state index contributed by atoms with van der Waals surface area (Å²) in [6.07, 6.45) is 1.33. The Bertz CT molecular complexity index is 628. The van der Waals surface area contributed by atoms with Crippen molar-refractivity contribution in [3.63, 3.8) is 0 Å². The number of hydrogen-bond donors (Lipinski definition) is 0. The Morgan fingerprint density at radius 2 is 1.74 bits per heavy atom. The van der Waals surface area contributed by atoms with Crippen LogP contribution in [0.1, 0.15) is 5.56 Å². The van der Waals surface area contributed by atoms with Crippen LogP contribution in [-0.4, -0.2) is 41.0 Å². The Hall–Kier alpha value is -2.18. The molecule has 0 N–H and O–H groups in total. The van der Waals surface area contributed by atoms with E-state index in [1.165, 1.54) is 17.8 Å². The van der Waals surface area contributed by atoms with Gasteiger partial charge in [0.25, 0.3) is 5.69 Å². The van der Waals surface area contributed by atoms with Crippen molar-refractivity contribution in [1.29, 1.82) is 0 Å². The van der Waals surface area contributed by atoms with Gasteiger partial charge in [0.05, 0.1) is 4.92 Å². The van der Waals surface area contributed by atoms with Crippen molar-refractivity contribution in [2.75, 3.05) is 31.1 Å². The highest BCUT2D eigenvalue weighted by Gasteiger charge is 2.18. The van der Waals surface area contributed by atoms with E-state index in [0.29, 0.717) is 0 Å². The van der Waals surface area contributed by atoms with Crippen LogP contribution in [0.4, 0.5) is 11.5 Å². The van der Waals surface area contributed by atoms with Crippen LogP contribution in [0.2, 0.25) is 0 Å². The summed E-state index contributed by atoms with van der Waals surface area (Å²) in [5.41, 5.74) is 1.36. The van der Waals surface area contributed by atoms with Gasteiger partial charge in [-0.05, 0) is 11.6 Å². The van der Waals surface area contributed by atoms with E-state index in [9.17, 15) is 10.1 Å². The smallest absolute Gasteiger partial charge is 0.287 e. The fourth-order valence-electron chi connectivity index (χ4n) is 2.65. The zero-order valence-corrected chi connectivity index (χ0v) is 13.5. The molecule has 1 aliphatic heterocycles. The van der Waals surface area contributed by atoms with E-state index < -0.39 is 4.92 Å². The summed E-state index contributed by atoms with van der Waals surface area (Å²) in [7, 11) is 0. The number of benzene rings is 1. The van der Waals surface area contributed by atoms with Crippen molar-refractivity contribution in [3.8, 4) is 0 Å². The SMILES string of the molecule is Cl.O=[N+]([O-])c1ccc(N2CCN(Cc3ccccc3)CC2)nc1. The first-order chi connectivity index (χ1) is 10.7. The number of halogens is 1. The minimum absolute atomic E-state index is 0. The molecule has 1 saturated heterocycles. The van der Waals surface area contributed by atoms with Gasteiger partial charge in [0.1, 0.15) is 12.0 Å². The minimum Gasteiger partial charge on any atom is -0.354 e. The molecule has 1 aromatic carbocycles. The van der Waals surface area contributed by atoms with E-state index in [1.807, 2.05) is 6.07 Å². The van der Waals surface area contributed by atoms with Crippen LogP contribution in [0.15, 0.2) is 48.7 Å². The van der Waals surface area contributed by atoms with Gasteiger partial charge in [0, 0.05) is 38.8 Å². The summed E-state index contributed by atoms with van der Waals surface area (Å²) >= 11 is 0. The van der Waals surface area contributed by atoms with Gasteiger partial charge in [0.15, 0.2) is 0 Å². The number of rotatable bonds is 4. The molecule has 1 aromatic heterocycles. The predicted molar refractivity (Wildman–Crippen MR) is 92.1 cm³/mol. The molecule has 6 nitrogen and oxygen atoms in total. The second-order valence-electron chi connectivity index (χ2n) is 5.38. The third-order valence-corrected chi connectivity index (χ3v) is 3.89. The molecular weight excluding hydrogens is 316 g/mol. The summed E-state index contributed by atoms with van der Waals surface area (Å²) < 4.78 is 0. The fourth-order valence-corrected chi connectivity index (χ4v) is 2.65. The number of anilines is 1. The zero-order valence-electron chi connectivity index (χ0n) is 12.7. The predicted octanol–water partition coefficient (Wildman–Crippen LogP) is 2.73. The molecular formula is C16H19ClN4O2. The van der Waals surface area contributed by atoms with Gasteiger partial charge < -0.3 is 4.90 Å². The number of nitro groups is 1. The third-order valence-electron chi connectivity index (χ3n) is 3.89. The number of pyridine rings is 1. The van der Waals surface area contributed by atoms with Gasteiger partial charge in [-0.25, -0.2) is 4.98 Å². The first kappa shape index (κ1) is 17.2. The van der Waals surface area contributed by atoms with Crippen molar-refractivity contribution < 1.29 is 4.92 Å². The Labute approximate surface area is 141 Å². The van der Waals surface area contributed by atoms with Gasteiger partial charge in [-0.1, -0.05) is 30.3 Å². The number of aromatic nitrogens is 1. The average molecular weight is 335 g/mol. The fraction of sp³-hybridized carbons (Fsp3) is 0.312. The molecule has 0 unspecified atom stereocenters. The summed E-state index contributed by atoms with van der Waals surface area (Å²) in [6.45, 7) is 4.67. The quantitative estimate of drug-likeness (QED) is 0.635. The molecule has 7 heteroatoms. The molecule has 0 amide bonds. The Morgan fingerprint density at radius 1 is 1.04 bits per heavy atom. The van der Waals surface area contributed by atoms with Crippen LogP contribution in [0, 0.1) is 10.1 Å². The molecule has 122 valence electrons. The van der Waals surface area contributed by atoms with Crippen LogP contribution >= 0.6 is 12.4 Å². The molecule has 1 fully saturated rings. The van der Waals surface area contributed by atoms with Gasteiger partial charge in [-0.15, -0.1) is 12.4 Å². The van der Waals surface area contributed by atoms with Gasteiger partial charge >= 0.3 is 0 Å². The molecule has 3 rings (SSSR count). The molecule has 0 saturated carbocycles. The summed E-state index contributed by atoms with van der Waals surface area (Å²) in [5, 5.41) is 10.7.